The van der Waals surface area contributed by atoms with Gasteiger partial charge in [0.2, 0.25) is 0 Å². The van der Waals surface area contributed by atoms with Gasteiger partial charge in [-0.15, -0.1) is 0 Å². The van der Waals surface area contributed by atoms with Gasteiger partial charge in [-0.25, -0.2) is 4.98 Å². The van der Waals surface area contributed by atoms with E-state index in [2.05, 4.69) is 9.97 Å². The van der Waals surface area contributed by atoms with E-state index in [1.165, 1.54) is 19.2 Å². The van der Waals surface area contributed by atoms with E-state index in [0.29, 0.717) is 22.8 Å². The van der Waals surface area contributed by atoms with E-state index in [-0.39, 0.29) is 23.9 Å². The number of hydrogen-bond acceptors (Lipinski definition) is 6. The fraction of sp³-hybridized carbons (Fsp3) is 0.111. The minimum Gasteiger partial charge on any atom is -0.508 e. The lowest BCUT2D eigenvalue weighted by Crippen LogP contribution is -2.25. The van der Waals surface area contributed by atoms with E-state index in [4.69, 9.17) is 10.5 Å². The molecule has 0 bridgehead atoms. The van der Waals surface area contributed by atoms with Crippen LogP contribution in [0.15, 0.2) is 48.3 Å². The molecule has 4 rings (SSSR count). The van der Waals surface area contributed by atoms with Crippen LogP contribution in [0.2, 0.25) is 0 Å². The zero-order valence-electron chi connectivity index (χ0n) is 13.5. The van der Waals surface area contributed by atoms with Crippen molar-refractivity contribution < 1.29 is 14.6 Å². The minimum atomic E-state index is -0.140. The van der Waals surface area contributed by atoms with E-state index >= 15 is 0 Å². The molecule has 0 saturated heterocycles. The Kier molecular flexibility index (Phi) is 3.35. The van der Waals surface area contributed by atoms with Crippen LogP contribution in [0.5, 0.6) is 11.5 Å². The SMILES string of the molecule is COc1cc(O)cc(N2CC(=O)C(c3nc4ccccc4[nH]3)=C2N)c1. The number of aromatic amines is 1. The number of carbonyl (C=O) groups is 1. The second-order valence-electron chi connectivity index (χ2n) is 5.76. The number of Topliss-reactive ketones (excluding diaryl/α,β-unsaturated/α-hetero) is 1. The minimum absolute atomic E-state index is 0.0341. The van der Waals surface area contributed by atoms with Crippen LogP contribution in [0.1, 0.15) is 5.82 Å². The molecule has 0 saturated carbocycles. The lowest BCUT2D eigenvalue weighted by molar-refractivity contribution is -0.112. The summed E-state index contributed by atoms with van der Waals surface area (Å²) in [5.41, 5.74) is 8.77. The molecule has 126 valence electrons. The summed E-state index contributed by atoms with van der Waals surface area (Å²) in [6.07, 6.45) is 0. The van der Waals surface area contributed by atoms with Gasteiger partial charge in [-0.05, 0) is 12.1 Å². The number of hydrogen-bond donors (Lipinski definition) is 3. The molecule has 0 atom stereocenters. The number of methoxy groups -OCH3 is 1. The standard InChI is InChI=1S/C18H16N4O3/c1-25-12-7-10(6-11(23)8-12)22-9-15(24)16(17(22)19)18-20-13-4-2-3-5-14(13)21-18/h2-8,23H,9,19H2,1H3,(H,20,21). The molecule has 0 unspecified atom stereocenters. The van der Waals surface area contributed by atoms with Crippen molar-refractivity contribution in [1.82, 2.24) is 9.97 Å². The average molecular weight is 336 g/mol. The summed E-state index contributed by atoms with van der Waals surface area (Å²) in [6, 6.07) is 12.3. The average Bonchev–Trinajstić information content (AvgIpc) is 3.14. The normalized spacial score (nSPS) is 14.6. The number of benzene rings is 2. The highest BCUT2D eigenvalue weighted by molar-refractivity contribution is 6.26. The van der Waals surface area contributed by atoms with Crippen molar-refractivity contribution in [3.05, 3.63) is 54.1 Å². The number of anilines is 1. The van der Waals surface area contributed by atoms with E-state index in [1.54, 1.807) is 11.0 Å². The maximum Gasteiger partial charge on any atom is 0.189 e. The van der Waals surface area contributed by atoms with Gasteiger partial charge in [-0.1, -0.05) is 12.1 Å². The number of aromatic hydroxyl groups is 1. The highest BCUT2D eigenvalue weighted by atomic mass is 16.5. The van der Waals surface area contributed by atoms with Crippen molar-refractivity contribution in [3.8, 4) is 11.5 Å². The highest BCUT2D eigenvalue weighted by Gasteiger charge is 2.32. The number of phenols is 1. The fourth-order valence-electron chi connectivity index (χ4n) is 2.98. The van der Waals surface area contributed by atoms with Crippen LogP contribution in [0.25, 0.3) is 16.6 Å². The molecule has 2 aromatic carbocycles. The number of para-hydroxylation sites is 2. The van der Waals surface area contributed by atoms with Crippen LogP contribution < -0.4 is 15.4 Å². The van der Waals surface area contributed by atoms with Crippen molar-refractivity contribution in [2.45, 2.75) is 0 Å². The second-order valence-corrected chi connectivity index (χ2v) is 5.76. The first-order chi connectivity index (χ1) is 12.1. The molecule has 7 nitrogen and oxygen atoms in total. The molecule has 0 amide bonds. The molecular formula is C18H16N4O3. The van der Waals surface area contributed by atoms with Gasteiger partial charge in [0.1, 0.15) is 28.7 Å². The van der Waals surface area contributed by atoms with Crippen molar-refractivity contribution in [2.24, 2.45) is 5.73 Å². The van der Waals surface area contributed by atoms with Gasteiger partial charge < -0.3 is 25.5 Å². The molecule has 1 aromatic heterocycles. The molecule has 0 aliphatic carbocycles. The summed E-state index contributed by atoms with van der Waals surface area (Å²) < 4.78 is 5.16. The van der Waals surface area contributed by atoms with Gasteiger partial charge in [-0.2, -0.15) is 0 Å². The van der Waals surface area contributed by atoms with Gasteiger partial charge >= 0.3 is 0 Å². The van der Waals surface area contributed by atoms with Crippen molar-refractivity contribution in [1.29, 1.82) is 0 Å². The molecule has 1 aliphatic rings. The monoisotopic (exact) mass is 336 g/mol. The van der Waals surface area contributed by atoms with Gasteiger partial charge in [0, 0.05) is 18.2 Å². The first-order valence-corrected chi connectivity index (χ1v) is 7.70. The van der Waals surface area contributed by atoms with E-state index < -0.39 is 0 Å². The topological polar surface area (TPSA) is 104 Å². The Morgan fingerprint density at radius 1 is 1.28 bits per heavy atom. The zero-order chi connectivity index (χ0) is 17.6. The first kappa shape index (κ1) is 15.1. The molecule has 4 N–H and O–H groups in total. The Hall–Kier alpha value is -3.48. The van der Waals surface area contributed by atoms with Crippen LogP contribution in [0, 0.1) is 0 Å². The zero-order valence-corrected chi connectivity index (χ0v) is 13.5. The number of carbonyl (C=O) groups excluding carboxylic acids is 1. The number of H-pyrrole nitrogens is 1. The number of ether oxygens (including phenoxy) is 1. The maximum atomic E-state index is 12.6. The van der Waals surface area contributed by atoms with Gasteiger partial charge in [0.15, 0.2) is 5.78 Å². The van der Waals surface area contributed by atoms with Crippen molar-refractivity contribution >= 4 is 28.1 Å². The van der Waals surface area contributed by atoms with E-state index in [0.717, 1.165) is 11.0 Å². The lowest BCUT2D eigenvalue weighted by Gasteiger charge is -2.19. The number of rotatable bonds is 3. The molecule has 7 heteroatoms. The number of aromatic nitrogens is 2. The predicted molar refractivity (Wildman–Crippen MR) is 94.2 cm³/mol. The van der Waals surface area contributed by atoms with E-state index in [1.807, 2.05) is 24.3 Å². The first-order valence-electron chi connectivity index (χ1n) is 7.70. The van der Waals surface area contributed by atoms with Crippen molar-refractivity contribution in [2.75, 3.05) is 18.6 Å². The highest BCUT2D eigenvalue weighted by Crippen LogP contribution is 2.34. The Labute approximate surface area is 143 Å². The Bertz CT molecular complexity index is 989. The summed E-state index contributed by atoms with van der Waals surface area (Å²) in [4.78, 5) is 21.8. The van der Waals surface area contributed by atoms with Crippen LogP contribution in [-0.2, 0) is 4.79 Å². The van der Waals surface area contributed by atoms with E-state index in [9.17, 15) is 9.90 Å². The number of ketones is 1. The van der Waals surface area contributed by atoms with Gasteiger partial charge in [0.25, 0.3) is 0 Å². The number of nitrogens with one attached hydrogen (secondary N) is 1. The molecule has 0 spiro atoms. The number of imidazole rings is 1. The number of nitrogens with two attached hydrogens (primary N) is 1. The van der Waals surface area contributed by atoms with Crippen LogP contribution >= 0.6 is 0 Å². The molecular weight excluding hydrogens is 320 g/mol. The maximum absolute atomic E-state index is 12.6. The smallest absolute Gasteiger partial charge is 0.189 e. The third-order valence-electron chi connectivity index (χ3n) is 4.18. The molecule has 1 aliphatic heterocycles. The van der Waals surface area contributed by atoms with Crippen LogP contribution in [0.4, 0.5) is 5.69 Å². The summed E-state index contributed by atoms with van der Waals surface area (Å²) in [5, 5.41) is 9.85. The Morgan fingerprint density at radius 2 is 2.08 bits per heavy atom. The number of nitrogens with zero attached hydrogens (tertiary/aromatic N) is 2. The molecule has 3 aromatic rings. The summed E-state index contributed by atoms with van der Waals surface area (Å²) in [7, 11) is 1.51. The van der Waals surface area contributed by atoms with Crippen LogP contribution in [0.3, 0.4) is 0 Å². The lowest BCUT2D eigenvalue weighted by atomic mass is 10.2. The van der Waals surface area contributed by atoms with Gasteiger partial charge in [0.05, 0.1) is 30.4 Å². The molecule has 0 radical (unpaired) electrons. The quantitative estimate of drug-likeness (QED) is 0.676. The Morgan fingerprint density at radius 3 is 2.84 bits per heavy atom. The van der Waals surface area contributed by atoms with Crippen LogP contribution in [-0.4, -0.2) is 34.5 Å². The third-order valence-corrected chi connectivity index (χ3v) is 4.18. The number of fused-ring (bicyclic) bond motifs is 1. The molecule has 0 fully saturated rings. The largest absolute Gasteiger partial charge is 0.508 e. The summed E-state index contributed by atoms with van der Waals surface area (Å²) >= 11 is 0. The summed E-state index contributed by atoms with van der Waals surface area (Å²) in [5.74, 6) is 1.10. The van der Waals surface area contributed by atoms with Crippen molar-refractivity contribution in [3.63, 3.8) is 0 Å². The molecule has 25 heavy (non-hydrogen) atoms. The third kappa shape index (κ3) is 2.46. The predicted octanol–water partition coefficient (Wildman–Crippen LogP) is 1.99. The summed E-state index contributed by atoms with van der Waals surface area (Å²) in [6.45, 7) is 0.0742. The number of phenolic OH excluding ortho intramolecular Hbond substituents is 1. The van der Waals surface area contributed by atoms with Gasteiger partial charge in [-0.3, -0.25) is 4.79 Å². The fourth-order valence-corrected chi connectivity index (χ4v) is 2.98. The molecule has 2 heterocycles. The Balaban J connectivity index is 1.80. The second kappa shape index (κ2) is 5.55.